The molecular formula is C18H20BrN3O2. The van der Waals surface area contributed by atoms with E-state index >= 15 is 0 Å². The van der Waals surface area contributed by atoms with Crippen molar-refractivity contribution in [1.82, 2.24) is 5.43 Å². The van der Waals surface area contributed by atoms with Crippen LogP contribution in [0.4, 0.5) is 10.5 Å². The fourth-order valence-electron chi connectivity index (χ4n) is 1.98. The predicted octanol–water partition coefficient (Wildman–Crippen LogP) is 4.70. The van der Waals surface area contributed by atoms with Crippen LogP contribution >= 0.6 is 15.9 Å². The lowest BCUT2D eigenvalue weighted by molar-refractivity contribution is 0.241. The van der Waals surface area contributed by atoms with E-state index in [1.54, 1.807) is 6.21 Å². The van der Waals surface area contributed by atoms with Gasteiger partial charge in [0, 0.05) is 5.69 Å². The van der Waals surface area contributed by atoms with Crippen molar-refractivity contribution >= 4 is 33.9 Å². The number of benzene rings is 2. The van der Waals surface area contributed by atoms with Crippen LogP contribution in [0.25, 0.3) is 0 Å². The number of aryl methyl sites for hydroxylation is 1. The predicted molar refractivity (Wildman–Crippen MR) is 101 cm³/mol. The Labute approximate surface area is 150 Å². The van der Waals surface area contributed by atoms with Crippen molar-refractivity contribution < 1.29 is 9.53 Å². The number of ether oxygens (including phenoxy) is 1. The SMILES string of the molecule is Cc1ccccc1NC(=O)NN=Cc1ccc(OC(C)C)c(Br)c1. The van der Waals surface area contributed by atoms with Gasteiger partial charge in [-0.15, -0.1) is 0 Å². The molecule has 24 heavy (non-hydrogen) atoms. The minimum absolute atomic E-state index is 0.104. The number of hydrogen-bond donors (Lipinski definition) is 2. The second-order valence-corrected chi connectivity index (χ2v) is 6.35. The zero-order chi connectivity index (χ0) is 17.5. The fraction of sp³-hybridized carbons (Fsp3) is 0.222. The van der Waals surface area contributed by atoms with Gasteiger partial charge in [0.25, 0.3) is 0 Å². The number of hydrogen-bond acceptors (Lipinski definition) is 3. The van der Waals surface area contributed by atoms with Gasteiger partial charge in [-0.2, -0.15) is 5.10 Å². The highest BCUT2D eigenvalue weighted by molar-refractivity contribution is 9.10. The van der Waals surface area contributed by atoms with E-state index in [1.807, 2.05) is 63.2 Å². The van der Waals surface area contributed by atoms with Crippen LogP contribution in [-0.2, 0) is 0 Å². The van der Waals surface area contributed by atoms with Gasteiger partial charge in [0.05, 0.1) is 16.8 Å². The number of urea groups is 1. The molecule has 2 rings (SSSR count). The molecule has 0 atom stereocenters. The van der Waals surface area contributed by atoms with E-state index in [2.05, 4.69) is 31.8 Å². The lowest BCUT2D eigenvalue weighted by Crippen LogP contribution is -2.24. The molecule has 0 bridgehead atoms. The summed E-state index contributed by atoms with van der Waals surface area (Å²) in [5, 5.41) is 6.70. The van der Waals surface area contributed by atoms with Gasteiger partial charge in [-0.1, -0.05) is 18.2 Å². The molecule has 6 heteroatoms. The Morgan fingerprint density at radius 3 is 2.67 bits per heavy atom. The van der Waals surface area contributed by atoms with Crippen LogP contribution in [0.2, 0.25) is 0 Å². The molecule has 2 aromatic rings. The topological polar surface area (TPSA) is 62.7 Å². The van der Waals surface area contributed by atoms with E-state index < -0.39 is 0 Å². The summed E-state index contributed by atoms with van der Waals surface area (Å²) >= 11 is 3.46. The quantitative estimate of drug-likeness (QED) is 0.574. The van der Waals surface area contributed by atoms with E-state index in [-0.39, 0.29) is 12.1 Å². The second kappa shape index (κ2) is 8.49. The summed E-state index contributed by atoms with van der Waals surface area (Å²) in [7, 11) is 0. The van der Waals surface area contributed by atoms with E-state index in [0.717, 1.165) is 27.0 Å². The van der Waals surface area contributed by atoms with Crippen molar-refractivity contribution in [3.63, 3.8) is 0 Å². The molecule has 0 aliphatic rings. The fourth-order valence-corrected chi connectivity index (χ4v) is 2.47. The molecule has 5 nitrogen and oxygen atoms in total. The van der Waals surface area contributed by atoms with Crippen LogP contribution in [0.1, 0.15) is 25.0 Å². The monoisotopic (exact) mass is 389 g/mol. The van der Waals surface area contributed by atoms with Crippen LogP contribution in [0.5, 0.6) is 5.75 Å². The smallest absolute Gasteiger partial charge is 0.339 e. The largest absolute Gasteiger partial charge is 0.490 e. The standard InChI is InChI=1S/C18H20BrN3O2/c1-12(2)24-17-9-8-14(10-15(17)19)11-20-22-18(23)21-16-7-5-4-6-13(16)3/h4-12H,1-3H3,(H2,21,22,23). The first-order valence-electron chi connectivity index (χ1n) is 7.57. The molecule has 2 amide bonds. The highest BCUT2D eigenvalue weighted by Crippen LogP contribution is 2.26. The highest BCUT2D eigenvalue weighted by atomic mass is 79.9. The first kappa shape index (κ1) is 18.0. The van der Waals surface area contributed by atoms with E-state index in [9.17, 15) is 4.79 Å². The number of para-hydroxylation sites is 1. The zero-order valence-corrected chi connectivity index (χ0v) is 15.4. The molecule has 0 spiro atoms. The third-order valence-corrected chi connectivity index (χ3v) is 3.71. The van der Waals surface area contributed by atoms with Gasteiger partial charge in [-0.3, -0.25) is 0 Å². The summed E-state index contributed by atoms with van der Waals surface area (Å²) in [5.41, 5.74) is 5.03. The van der Waals surface area contributed by atoms with Crippen molar-refractivity contribution in [2.24, 2.45) is 5.10 Å². The lowest BCUT2D eigenvalue weighted by atomic mass is 10.2. The molecule has 2 N–H and O–H groups in total. The van der Waals surface area contributed by atoms with Crippen molar-refractivity contribution in [3.05, 3.63) is 58.1 Å². The molecular weight excluding hydrogens is 370 g/mol. The van der Waals surface area contributed by atoms with Crippen LogP contribution in [0, 0.1) is 6.92 Å². The summed E-state index contributed by atoms with van der Waals surface area (Å²) in [6.07, 6.45) is 1.68. The molecule has 0 saturated heterocycles. The van der Waals surface area contributed by atoms with Gasteiger partial charge in [0.15, 0.2) is 0 Å². The third kappa shape index (κ3) is 5.38. The minimum atomic E-state index is -0.389. The van der Waals surface area contributed by atoms with Gasteiger partial charge in [0.1, 0.15) is 5.75 Å². The summed E-state index contributed by atoms with van der Waals surface area (Å²) in [4.78, 5) is 11.8. The Bertz CT molecular complexity index is 745. The molecule has 0 aliphatic carbocycles. The first-order chi connectivity index (χ1) is 11.5. The number of hydrazone groups is 1. The average Bonchev–Trinajstić information content (AvgIpc) is 2.52. The minimum Gasteiger partial charge on any atom is -0.490 e. The Morgan fingerprint density at radius 2 is 2.00 bits per heavy atom. The van der Waals surface area contributed by atoms with Crippen molar-refractivity contribution in [1.29, 1.82) is 0 Å². The molecule has 126 valence electrons. The Kier molecular flexibility index (Phi) is 6.37. The molecule has 0 saturated carbocycles. The molecule has 0 aliphatic heterocycles. The number of carbonyl (C=O) groups excluding carboxylic acids is 1. The average molecular weight is 390 g/mol. The number of halogens is 1. The van der Waals surface area contributed by atoms with Gasteiger partial charge in [-0.05, 0) is 72.1 Å². The number of carbonyl (C=O) groups is 1. The summed E-state index contributed by atoms with van der Waals surface area (Å²) in [6, 6.07) is 12.8. The number of rotatable bonds is 5. The molecule has 0 fully saturated rings. The summed E-state index contributed by atoms with van der Waals surface area (Å²) in [6.45, 7) is 5.87. The van der Waals surface area contributed by atoms with Gasteiger partial charge >= 0.3 is 6.03 Å². The van der Waals surface area contributed by atoms with Crippen LogP contribution in [0.15, 0.2) is 52.0 Å². The van der Waals surface area contributed by atoms with E-state index in [1.165, 1.54) is 0 Å². The Balaban J connectivity index is 1.93. The zero-order valence-electron chi connectivity index (χ0n) is 13.8. The molecule has 0 radical (unpaired) electrons. The Morgan fingerprint density at radius 1 is 1.25 bits per heavy atom. The number of nitrogens with one attached hydrogen (secondary N) is 2. The van der Waals surface area contributed by atoms with Gasteiger partial charge < -0.3 is 10.1 Å². The van der Waals surface area contributed by atoms with Crippen molar-refractivity contribution in [2.45, 2.75) is 26.9 Å². The summed E-state index contributed by atoms with van der Waals surface area (Å²) in [5.74, 6) is 0.771. The first-order valence-corrected chi connectivity index (χ1v) is 8.37. The number of nitrogens with zero attached hydrogens (tertiary/aromatic N) is 1. The summed E-state index contributed by atoms with van der Waals surface area (Å²) < 4.78 is 6.49. The number of anilines is 1. The molecule has 2 aromatic carbocycles. The Hall–Kier alpha value is -2.34. The van der Waals surface area contributed by atoms with Crippen LogP contribution < -0.4 is 15.5 Å². The molecule has 0 heterocycles. The maximum atomic E-state index is 11.8. The van der Waals surface area contributed by atoms with Crippen molar-refractivity contribution in [2.75, 3.05) is 5.32 Å². The van der Waals surface area contributed by atoms with E-state index in [0.29, 0.717) is 0 Å². The third-order valence-electron chi connectivity index (χ3n) is 3.09. The van der Waals surface area contributed by atoms with Crippen LogP contribution in [0.3, 0.4) is 0 Å². The molecule has 0 aromatic heterocycles. The van der Waals surface area contributed by atoms with Crippen LogP contribution in [-0.4, -0.2) is 18.3 Å². The lowest BCUT2D eigenvalue weighted by Gasteiger charge is -2.11. The van der Waals surface area contributed by atoms with E-state index in [4.69, 9.17) is 4.74 Å². The second-order valence-electron chi connectivity index (χ2n) is 5.50. The maximum absolute atomic E-state index is 11.8. The van der Waals surface area contributed by atoms with Gasteiger partial charge in [0.2, 0.25) is 0 Å². The normalized spacial score (nSPS) is 10.9. The maximum Gasteiger partial charge on any atom is 0.339 e. The van der Waals surface area contributed by atoms with Crippen molar-refractivity contribution in [3.8, 4) is 5.75 Å². The number of amides is 2. The van der Waals surface area contributed by atoms with Gasteiger partial charge in [-0.25, -0.2) is 10.2 Å². The molecule has 0 unspecified atom stereocenters. The highest BCUT2D eigenvalue weighted by Gasteiger charge is 2.04.